The smallest absolute Gasteiger partial charge is 0.414 e. The Morgan fingerprint density at radius 2 is 1.91 bits per heavy atom. The number of benzene rings is 1. The molecule has 12 nitrogen and oxygen atoms in total. The number of amides is 3. The van der Waals surface area contributed by atoms with Crippen LogP contribution < -0.4 is 15.1 Å². The van der Waals surface area contributed by atoms with Crippen molar-refractivity contribution in [3.8, 4) is 0 Å². The van der Waals surface area contributed by atoms with Gasteiger partial charge in [-0.15, -0.1) is 5.10 Å². The number of hydrogen-bond acceptors (Lipinski definition) is 7. The van der Waals surface area contributed by atoms with Gasteiger partial charge in [-0.3, -0.25) is 9.69 Å². The highest BCUT2D eigenvalue weighted by molar-refractivity contribution is 5.90. The van der Waals surface area contributed by atoms with Gasteiger partial charge in [0.25, 0.3) is 0 Å². The van der Waals surface area contributed by atoms with Crippen LogP contribution in [0.5, 0.6) is 0 Å². The van der Waals surface area contributed by atoms with Gasteiger partial charge < -0.3 is 25.0 Å². The molecule has 2 atom stereocenters. The zero-order chi connectivity index (χ0) is 24.4. The maximum Gasteiger partial charge on any atom is 0.414 e. The van der Waals surface area contributed by atoms with E-state index < -0.39 is 41.9 Å². The number of carboxylic acid groups (broad SMARTS) is 1. The number of nitrogens with zero attached hydrogens (tertiary/aromatic N) is 6. The number of cyclic esters (lactones) is 1. The SMILES string of the molecule is CC(NC(=O)O)C(=O)N1CCN(c2c(F)cc(N3CC(Cn4ccnn4)OC3=O)cc2F)CC1. The molecule has 2 unspecified atom stereocenters. The molecule has 0 spiro atoms. The van der Waals surface area contributed by atoms with Gasteiger partial charge in [-0.25, -0.2) is 23.1 Å². The minimum absolute atomic E-state index is 0.0345. The van der Waals surface area contributed by atoms with Gasteiger partial charge in [0, 0.05) is 44.5 Å². The summed E-state index contributed by atoms with van der Waals surface area (Å²) in [7, 11) is 0. The molecule has 4 rings (SSSR count). The van der Waals surface area contributed by atoms with E-state index in [1.54, 1.807) is 6.20 Å². The van der Waals surface area contributed by atoms with Crippen LogP contribution in [0.3, 0.4) is 0 Å². The van der Waals surface area contributed by atoms with Crippen molar-refractivity contribution in [3.05, 3.63) is 36.2 Å². The molecule has 2 N–H and O–H groups in total. The van der Waals surface area contributed by atoms with Crippen LogP contribution in [0, 0.1) is 11.6 Å². The van der Waals surface area contributed by atoms with E-state index in [-0.39, 0.29) is 50.6 Å². The first-order valence-electron chi connectivity index (χ1n) is 10.6. The Hall–Kier alpha value is -3.97. The van der Waals surface area contributed by atoms with E-state index in [0.29, 0.717) is 0 Å². The quantitative estimate of drug-likeness (QED) is 0.624. The molecule has 1 aromatic carbocycles. The summed E-state index contributed by atoms with van der Waals surface area (Å²) in [4.78, 5) is 39.4. The summed E-state index contributed by atoms with van der Waals surface area (Å²) in [6.07, 6.45) is 0.523. The average molecular weight is 479 g/mol. The average Bonchev–Trinajstić information content (AvgIpc) is 3.42. The van der Waals surface area contributed by atoms with Gasteiger partial charge in [0.1, 0.15) is 17.8 Å². The van der Waals surface area contributed by atoms with Crippen molar-refractivity contribution in [2.24, 2.45) is 0 Å². The highest BCUT2D eigenvalue weighted by Crippen LogP contribution is 2.31. The van der Waals surface area contributed by atoms with Crippen LogP contribution in [0.15, 0.2) is 24.5 Å². The van der Waals surface area contributed by atoms with Gasteiger partial charge in [-0.1, -0.05) is 5.21 Å². The van der Waals surface area contributed by atoms with Crippen molar-refractivity contribution in [1.29, 1.82) is 0 Å². The van der Waals surface area contributed by atoms with Crippen LogP contribution in [0.1, 0.15) is 6.92 Å². The summed E-state index contributed by atoms with van der Waals surface area (Å²) >= 11 is 0. The second-order valence-electron chi connectivity index (χ2n) is 7.98. The van der Waals surface area contributed by atoms with Gasteiger partial charge in [0.05, 0.1) is 25.0 Å². The number of carbonyl (C=O) groups excluding carboxylic acids is 2. The second-order valence-corrected chi connectivity index (χ2v) is 7.98. The Balaban J connectivity index is 1.41. The predicted octanol–water partition coefficient (Wildman–Crippen LogP) is 0.886. The molecule has 14 heteroatoms. The normalized spacial score (nSPS) is 19.2. The molecule has 0 aliphatic carbocycles. The van der Waals surface area contributed by atoms with Gasteiger partial charge in [-0.05, 0) is 6.92 Å². The highest BCUT2D eigenvalue weighted by atomic mass is 19.1. The highest BCUT2D eigenvalue weighted by Gasteiger charge is 2.34. The molecule has 0 saturated carbocycles. The minimum atomic E-state index is -1.31. The number of halogens is 2. The lowest BCUT2D eigenvalue weighted by Gasteiger charge is -2.37. The molecule has 2 aliphatic rings. The summed E-state index contributed by atoms with van der Waals surface area (Å²) in [6, 6.07) is 1.23. The van der Waals surface area contributed by atoms with Crippen molar-refractivity contribution in [2.45, 2.75) is 25.6 Å². The van der Waals surface area contributed by atoms with E-state index in [1.165, 1.54) is 27.6 Å². The van der Waals surface area contributed by atoms with Gasteiger partial charge in [-0.2, -0.15) is 0 Å². The maximum atomic E-state index is 15.0. The first-order chi connectivity index (χ1) is 16.2. The summed E-state index contributed by atoms with van der Waals surface area (Å²) < 4.78 is 36.7. The summed E-state index contributed by atoms with van der Waals surface area (Å²) in [5, 5.41) is 18.3. The molecule has 3 amide bonds. The van der Waals surface area contributed by atoms with Gasteiger partial charge >= 0.3 is 12.2 Å². The molecule has 182 valence electrons. The zero-order valence-corrected chi connectivity index (χ0v) is 18.2. The number of rotatable bonds is 6. The lowest BCUT2D eigenvalue weighted by Crippen LogP contribution is -2.54. The fraction of sp³-hybridized carbons (Fsp3) is 0.450. The third-order valence-electron chi connectivity index (χ3n) is 5.67. The molecule has 2 aliphatic heterocycles. The van der Waals surface area contributed by atoms with E-state index in [2.05, 4.69) is 15.6 Å². The monoisotopic (exact) mass is 479 g/mol. The molecule has 2 saturated heterocycles. The fourth-order valence-electron chi connectivity index (χ4n) is 4.05. The number of anilines is 2. The number of aromatic nitrogens is 3. The van der Waals surface area contributed by atoms with Gasteiger partial charge in [0.2, 0.25) is 5.91 Å². The van der Waals surface area contributed by atoms with Crippen LogP contribution >= 0.6 is 0 Å². The minimum Gasteiger partial charge on any atom is -0.465 e. The van der Waals surface area contributed by atoms with E-state index in [0.717, 1.165) is 17.0 Å². The van der Waals surface area contributed by atoms with Crippen LogP contribution in [0.4, 0.5) is 29.7 Å². The van der Waals surface area contributed by atoms with Crippen LogP contribution in [0.2, 0.25) is 0 Å². The zero-order valence-electron chi connectivity index (χ0n) is 18.2. The van der Waals surface area contributed by atoms with Gasteiger partial charge in [0.15, 0.2) is 11.6 Å². The van der Waals surface area contributed by atoms with Crippen molar-refractivity contribution in [2.75, 3.05) is 42.5 Å². The van der Waals surface area contributed by atoms with Crippen LogP contribution in [-0.4, -0.2) is 88.0 Å². The van der Waals surface area contributed by atoms with E-state index in [9.17, 15) is 23.2 Å². The van der Waals surface area contributed by atoms with Crippen LogP contribution in [-0.2, 0) is 16.1 Å². The van der Waals surface area contributed by atoms with E-state index in [4.69, 9.17) is 9.84 Å². The molecule has 0 radical (unpaired) electrons. The number of carbonyl (C=O) groups is 3. The van der Waals surface area contributed by atoms with E-state index >= 15 is 0 Å². The maximum absolute atomic E-state index is 15.0. The molecule has 2 aromatic rings. The number of hydrogen-bond donors (Lipinski definition) is 2. The van der Waals surface area contributed by atoms with Crippen molar-refractivity contribution >= 4 is 29.5 Å². The third-order valence-corrected chi connectivity index (χ3v) is 5.67. The Morgan fingerprint density at radius 1 is 1.24 bits per heavy atom. The summed E-state index contributed by atoms with van der Waals surface area (Å²) in [5.74, 6) is -2.10. The number of piperazine rings is 1. The molecular formula is C20H23F2N7O5. The molecule has 34 heavy (non-hydrogen) atoms. The van der Waals surface area contributed by atoms with Crippen molar-refractivity contribution in [1.82, 2.24) is 25.2 Å². The molecule has 0 bridgehead atoms. The first-order valence-corrected chi connectivity index (χ1v) is 10.6. The molecule has 3 heterocycles. The fourth-order valence-corrected chi connectivity index (χ4v) is 4.05. The summed E-state index contributed by atoms with van der Waals surface area (Å²) in [5.41, 5.74) is -0.216. The number of nitrogens with one attached hydrogen (secondary N) is 1. The topological polar surface area (TPSA) is 133 Å². The lowest BCUT2D eigenvalue weighted by molar-refractivity contribution is -0.133. The second kappa shape index (κ2) is 9.49. The molecular weight excluding hydrogens is 456 g/mol. The first kappa shape index (κ1) is 23.2. The Kier molecular flexibility index (Phi) is 6.47. The van der Waals surface area contributed by atoms with Crippen molar-refractivity contribution < 1.29 is 33.0 Å². The lowest BCUT2D eigenvalue weighted by atomic mass is 10.1. The molecule has 1 aromatic heterocycles. The van der Waals surface area contributed by atoms with Crippen molar-refractivity contribution in [3.63, 3.8) is 0 Å². The Bertz CT molecular complexity index is 1050. The van der Waals surface area contributed by atoms with E-state index in [1.807, 2.05) is 0 Å². The third kappa shape index (κ3) is 4.84. The Morgan fingerprint density at radius 3 is 2.50 bits per heavy atom. The predicted molar refractivity (Wildman–Crippen MR) is 113 cm³/mol. The largest absolute Gasteiger partial charge is 0.465 e. The number of ether oxygens (including phenoxy) is 1. The standard InChI is InChI=1S/C20H23F2N7O5/c1-12(24-19(31)32)18(30)27-6-4-26(5-7-27)17-15(21)8-13(9-16(17)22)29-11-14(34-20(29)33)10-28-3-2-23-25-28/h2-3,8-9,12,14,24H,4-7,10-11H2,1H3,(H,31,32). The molecule has 2 fully saturated rings. The summed E-state index contributed by atoms with van der Waals surface area (Å²) in [6.45, 7) is 2.45. The Labute approximate surface area is 192 Å². The van der Waals surface area contributed by atoms with Crippen LogP contribution in [0.25, 0.3) is 0 Å².